The maximum atomic E-state index is 6.25. The molecule has 8 heteroatoms. The molecule has 1 aliphatic heterocycles. The molecule has 0 amide bonds. The van der Waals surface area contributed by atoms with E-state index in [1.165, 1.54) is 6.33 Å². The van der Waals surface area contributed by atoms with Gasteiger partial charge < -0.3 is 20.1 Å². The van der Waals surface area contributed by atoms with Crippen LogP contribution in [0.4, 0.5) is 11.5 Å². The Bertz CT molecular complexity index is 1030. The predicted molar refractivity (Wildman–Crippen MR) is 125 cm³/mol. The maximum absolute atomic E-state index is 6.25. The SMILES string of the molecule is C#Cc1cccc(Nc2ncnc3cc(OC)c(OC4CCNCC4)cc23)c1.Cl.Cl. The summed E-state index contributed by atoms with van der Waals surface area (Å²) >= 11 is 0. The van der Waals surface area contributed by atoms with Crippen LogP contribution in [0.15, 0.2) is 42.7 Å². The molecule has 6 nitrogen and oxygen atoms in total. The quantitative estimate of drug-likeness (QED) is 0.568. The van der Waals surface area contributed by atoms with E-state index in [9.17, 15) is 0 Å². The van der Waals surface area contributed by atoms with Gasteiger partial charge in [0.05, 0.1) is 12.6 Å². The van der Waals surface area contributed by atoms with Gasteiger partial charge in [0, 0.05) is 22.7 Å². The molecule has 0 atom stereocenters. The minimum absolute atomic E-state index is 0. The third kappa shape index (κ3) is 5.25. The fourth-order valence-corrected chi connectivity index (χ4v) is 3.33. The largest absolute Gasteiger partial charge is 0.493 e. The van der Waals surface area contributed by atoms with Crippen molar-refractivity contribution in [2.45, 2.75) is 18.9 Å². The molecule has 1 aromatic heterocycles. The van der Waals surface area contributed by atoms with Crippen LogP contribution in [0.25, 0.3) is 10.9 Å². The number of hydrogen-bond donors (Lipinski definition) is 2. The van der Waals surface area contributed by atoms with Crippen LogP contribution < -0.4 is 20.1 Å². The van der Waals surface area contributed by atoms with Crippen LogP contribution in [0.5, 0.6) is 11.5 Å². The average Bonchev–Trinajstić information content (AvgIpc) is 2.74. The van der Waals surface area contributed by atoms with Gasteiger partial charge in [0.1, 0.15) is 18.2 Å². The van der Waals surface area contributed by atoms with Crippen LogP contribution in [0.2, 0.25) is 0 Å². The summed E-state index contributed by atoms with van der Waals surface area (Å²) in [5, 5.41) is 7.55. The summed E-state index contributed by atoms with van der Waals surface area (Å²) in [5.41, 5.74) is 2.45. The molecule has 1 saturated heterocycles. The number of rotatable bonds is 5. The van der Waals surface area contributed by atoms with Crippen molar-refractivity contribution in [3.8, 4) is 23.8 Å². The van der Waals surface area contributed by atoms with Crippen molar-refractivity contribution in [1.82, 2.24) is 15.3 Å². The molecule has 0 radical (unpaired) electrons. The molecular formula is C22H24Cl2N4O2. The molecule has 1 fully saturated rings. The van der Waals surface area contributed by atoms with Crippen LogP contribution >= 0.6 is 24.8 Å². The summed E-state index contributed by atoms with van der Waals surface area (Å²) in [6.07, 6.45) is 9.14. The van der Waals surface area contributed by atoms with E-state index in [1.54, 1.807) is 7.11 Å². The molecule has 0 unspecified atom stereocenters. The Labute approximate surface area is 188 Å². The first kappa shape index (κ1) is 23.6. The molecule has 2 aromatic carbocycles. The molecule has 0 aliphatic carbocycles. The predicted octanol–water partition coefficient (Wildman–Crippen LogP) is 4.34. The lowest BCUT2D eigenvalue weighted by atomic mass is 10.1. The van der Waals surface area contributed by atoms with Gasteiger partial charge in [-0.1, -0.05) is 12.0 Å². The number of hydrogen-bond acceptors (Lipinski definition) is 6. The van der Waals surface area contributed by atoms with Gasteiger partial charge in [0.25, 0.3) is 0 Å². The Morgan fingerprint density at radius 3 is 2.63 bits per heavy atom. The van der Waals surface area contributed by atoms with E-state index in [-0.39, 0.29) is 30.9 Å². The first-order valence-corrected chi connectivity index (χ1v) is 9.30. The van der Waals surface area contributed by atoms with E-state index in [0.717, 1.165) is 48.1 Å². The molecule has 0 bridgehead atoms. The molecule has 1 aliphatic rings. The van der Waals surface area contributed by atoms with Crippen LogP contribution in [0.1, 0.15) is 18.4 Å². The summed E-state index contributed by atoms with van der Waals surface area (Å²) in [6.45, 7) is 1.92. The minimum atomic E-state index is 0. The Morgan fingerprint density at radius 2 is 1.90 bits per heavy atom. The lowest BCUT2D eigenvalue weighted by Crippen LogP contribution is -2.34. The van der Waals surface area contributed by atoms with Crippen LogP contribution in [-0.4, -0.2) is 36.3 Å². The van der Waals surface area contributed by atoms with Gasteiger partial charge in [-0.2, -0.15) is 0 Å². The highest BCUT2D eigenvalue weighted by molar-refractivity contribution is 5.93. The molecule has 0 spiro atoms. The van der Waals surface area contributed by atoms with Gasteiger partial charge in [-0.3, -0.25) is 0 Å². The molecule has 2 heterocycles. The van der Waals surface area contributed by atoms with Crippen molar-refractivity contribution in [2.24, 2.45) is 0 Å². The van der Waals surface area contributed by atoms with Crippen LogP contribution in [-0.2, 0) is 0 Å². The number of methoxy groups -OCH3 is 1. The third-order valence-electron chi connectivity index (χ3n) is 4.79. The van der Waals surface area contributed by atoms with Crippen LogP contribution in [0, 0.1) is 12.3 Å². The molecule has 3 aromatic rings. The van der Waals surface area contributed by atoms with E-state index in [2.05, 4.69) is 26.5 Å². The van der Waals surface area contributed by atoms with Gasteiger partial charge in [-0.15, -0.1) is 31.2 Å². The average molecular weight is 447 g/mol. The molecule has 30 heavy (non-hydrogen) atoms. The van der Waals surface area contributed by atoms with Crippen LogP contribution in [0.3, 0.4) is 0 Å². The Hall–Kier alpha value is -2.72. The topological polar surface area (TPSA) is 68.3 Å². The normalized spacial score (nSPS) is 13.5. The number of terminal acetylenes is 1. The smallest absolute Gasteiger partial charge is 0.162 e. The van der Waals surface area contributed by atoms with E-state index in [4.69, 9.17) is 15.9 Å². The second-order valence-corrected chi connectivity index (χ2v) is 6.66. The first-order valence-electron chi connectivity index (χ1n) is 9.30. The fourth-order valence-electron chi connectivity index (χ4n) is 3.33. The van der Waals surface area contributed by atoms with E-state index >= 15 is 0 Å². The monoisotopic (exact) mass is 446 g/mol. The van der Waals surface area contributed by atoms with Gasteiger partial charge in [-0.25, -0.2) is 9.97 Å². The first-order chi connectivity index (χ1) is 13.8. The number of piperidine rings is 1. The van der Waals surface area contributed by atoms with E-state index < -0.39 is 0 Å². The number of benzene rings is 2. The number of nitrogens with zero attached hydrogens (tertiary/aromatic N) is 2. The summed E-state index contributed by atoms with van der Waals surface area (Å²) in [5.74, 6) is 4.71. The van der Waals surface area contributed by atoms with Crippen molar-refractivity contribution >= 4 is 47.2 Å². The van der Waals surface area contributed by atoms with Gasteiger partial charge >= 0.3 is 0 Å². The number of fused-ring (bicyclic) bond motifs is 1. The zero-order valence-corrected chi connectivity index (χ0v) is 18.2. The number of nitrogens with one attached hydrogen (secondary N) is 2. The van der Waals surface area contributed by atoms with Gasteiger partial charge in [0.2, 0.25) is 0 Å². The Morgan fingerprint density at radius 1 is 1.10 bits per heavy atom. The molecule has 158 valence electrons. The third-order valence-corrected chi connectivity index (χ3v) is 4.79. The van der Waals surface area contributed by atoms with Gasteiger partial charge in [-0.05, 0) is 50.2 Å². The van der Waals surface area contributed by atoms with Crippen molar-refractivity contribution in [3.63, 3.8) is 0 Å². The second-order valence-electron chi connectivity index (χ2n) is 6.66. The van der Waals surface area contributed by atoms with E-state index in [1.807, 2.05) is 36.4 Å². The minimum Gasteiger partial charge on any atom is -0.493 e. The Balaban J connectivity index is 0.00000160. The summed E-state index contributed by atoms with van der Waals surface area (Å²) in [6, 6.07) is 11.5. The van der Waals surface area contributed by atoms with Gasteiger partial charge in [0.15, 0.2) is 11.5 Å². The molecule has 4 rings (SSSR count). The zero-order valence-electron chi connectivity index (χ0n) is 16.6. The summed E-state index contributed by atoms with van der Waals surface area (Å²) in [4.78, 5) is 8.81. The highest BCUT2D eigenvalue weighted by Gasteiger charge is 2.18. The number of aromatic nitrogens is 2. The standard InChI is InChI=1S/C22H22N4O2.2ClH/c1-3-15-5-4-6-16(11-15)26-22-18-12-21(28-17-7-9-23-10-8-17)20(27-2)13-19(18)24-14-25-22;;/h1,4-6,11-14,17,23H,7-10H2,2H3,(H,24,25,26);2*1H. The molecule has 2 N–H and O–H groups in total. The van der Waals surface area contributed by atoms with Crippen molar-refractivity contribution in [1.29, 1.82) is 0 Å². The van der Waals surface area contributed by atoms with Crippen molar-refractivity contribution < 1.29 is 9.47 Å². The number of halogens is 2. The zero-order chi connectivity index (χ0) is 19.3. The fraction of sp³-hybridized carbons (Fsp3) is 0.273. The summed E-state index contributed by atoms with van der Waals surface area (Å²) < 4.78 is 11.8. The highest BCUT2D eigenvalue weighted by atomic mass is 35.5. The van der Waals surface area contributed by atoms with Crippen molar-refractivity contribution in [3.05, 3.63) is 48.3 Å². The maximum Gasteiger partial charge on any atom is 0.162 e. The lowest BCUT2D eigenvalue weighted by molar-refractivity contribution is 0.157. The van der Waals surface area contributed by atoms with Crippen molar-refractivity contribution in [2.75, 3.05) is 25.5 Å². The highest BCUT2D eigenvalue weighted by Crippen LogP contribution is 2.36. The lowest BCUT2D eigenvalue weighted by Gasteiger charge is -2.25. The van der Waals surface area contributed by atoms with E-state index in [0.29, 0.717) is 17.3 Å². The number of anilines is 2. The molecule has 0 saturated carbocycles. The second kappa shape index (κ2) is 10.9. The molecular weight excluding hydrogens is 423 g/mol. The Kier molecular flexibility index (Phi) is 8.55. The summed E-state index contributed by atoms with van der Waals surface area (Å²) in [7, 11) is 1.64. The number of ether oxygens (including phenoxy) is 2.